The minimum Gasteiger partial charge on any atom is -0.382 e. The van der Waals surface area contributed by atoms with Crippen molar-refractivity contribution in [2.45, 2.75) is 6.42 Å². The number of aromatic nitrogens is 2. The molecule has 0 atom stereocenters. The first-order valence-corrected chi connectivity index (χ1v) is 5.89. The summed E-state index contributed by atoms with van der Waals surface area (Å²) >= 11 is 0. The summed E-state index contributed by atoms with van der Waals surface area (Å²) in [4.78, 5) is 8.09. The Balaban J connectivity index is 2.20. The molecule has 1 heterocycles. The van der Waals surface area contributed by atoms with E-state index in [0.717, 1.165) is 13.0 Å². The molecule has 18 heavy (non-hydrogen) atoms. The molecule has 7 heteroatoms. The van der Waals surface area contributed by atoms with Crippen molar-refractivity contribution in [1.82, 2.24) is 9.97 Å². The van der Waals surface area contributed by atoms with Crippen LogP contribution in [0.15, 0.2) is 6.07 Å². The number of rotatable bonds is 9. The fourth-order valence-corrected chi connectivity index (χ4v) is 1.32. The number of nitrogen functional groups attached to an aromatic ring is 1. The average molecular weight is 255 g/mol. The highest BCUT2D eigenvalue weighted by Crippen LogP contribution is 2.11. The topological polar surface area (TPSA) is 94.3 Å². The number of nitrogens with one attached hydrogen (secondary N) is 2. The number of anilines is 3. The van der Waals surface area contributed by atoms with Gasteiger partial charge in [0.1, 0.15) is 11.6 Å². The maximum Gasteiger partial charge on any atom is 0.223 e. The molecule has 0 bridgehead atoms. The summed E-state index contributed by atoms with van der Waals surface area (Å²) < 4.78 is 10.2. The molecule has 0 unspecified atom stereocenters. The van der Waals surface area contributed by atoms with Gasteiger partial charge >= 0.3 is 0 Å². The molecule has 0 radical (unpaired) electrons. The molecule has 0 aliphatic heterocycles. The Labute approximate surface area is 107 Å². The number of hydrogen-bond donors (Lipinski definition) is 3. The first kappa shape index (κ1) is 14.5. The van der Waals surface area contributed by atoms with Crippen LogP contribution in [0.2, 0.25) is 0 Å². The third kappa shape index (κ3) is 5.65. The summed E-state index contributed by atoms with van der Waals surface area (Å²) in [5.41, 5.74) is 5.58. The molecule has 1 aromatic heterocycles. The smallest absolute Gasteiger partial charge is 0.223 e. The predicted octanol–water partition coefficient (Wildman–Crippen LogP) is 0.565. The first-order valence-electron chi connectivity index (χ1n) is 5.89. The van der Waals surface area contributed by atoms with E-state index in [4.69, 9.17) is 15.2 Å². The highest BCUT2D eigenvalue weighted by molar-refractivity contribution is 5.50. The van der Waals surface area contributed by atoms with Gasteiger partial charge in [-0.2, -0.15) is 9.97 Å². The van der Waals surface area contributed by atoms with Gasteiger partial charge in [0.2, 0.25) is 5.95 Å². The third-order valence-electron chi connectivity index (χ3n) is 2.20. The van der Waals surface area contributed by atoms with Crippen molar-refractivity contribution in [3.8, 4) is 0 Å². The molecule has 1 rings (SSSR count). The second kappa shape index (κ2) is 8.48. The van der Waals surface area contributed by atoms with Crippen LogP contribution in [0, 0.1) is 0 Å². The van der Waals surface area contributed by atoms with E-state index in [-0.39, 0.29) is 5.95 Å². The van der Waals surface area contributed by atoms with Crippen LogP contribution in [0.4, 0.5) is 17.6 Å². The molecule has 0 spiro atoms. The molecule has 0 amide bonds. The van der Waals surface area contributed by atoms with Gasteiger partial charge in [-0.15, -0.1) is 0 Å². The standard InChI is InChI=1S/C11H21N5O2/c1-13-9-8-10(16-11(12)15-9)14-4-3-5-18-7-6-17-2/h8H,3-7H2,1-2H3,(H4,12,13,14,15,16). The lowest BCUT2D eigenvalue weighted by Crippen LogP contribution is -2.10. The Kier molecular flexibility index (Phi) is 6.82. The number of nitrogens with two attached hydrogens (primary N) is 1. The van der Waals surface area contributed by atoms with Crippen LogP contribution < -0.4 is 16.4 Å². The first-order chi connectivity index (χ1) is 8.76. The van der Waals surface area contributed by atoms with Gasteiger partial charge in [-0.3, -0.25) is 0 Å². The summed E-state index contributed by atoms with van der Waals surface area (Å²) in [5, 5.41) is 6.09. The van der Waals surface area contributed by atoms with Crippen LogP contribution >= 0.6 is 0 Å². The number of nitrogens with zero attached hydrogens (tertiary/aromatic N) is 2. The molecule has 0 fully saturated rings. The Hall–Kier alpha value is -1.60. The predicted molar refractivity (Wildman–Crippen MR) is 71.8 cm³/mol. The van der Waals surface area contributed by atoms with E-state index in [1.54, 1.807) is 14.2 Å². The van der Waals surface area contributed by atoms with Gasteiger partial charge in [0.25, 0.3) is 0 Å². The zero-order valence-electron chi connectivity index (χ0n) is 10.9. The van der Waals surface area contributed by atoms with E-state index in [1.165, 1.54) is 0 Å². The lowest BCUT2D eigenvalue weighted by Gasteiger charge is -2.08. The molecular weight excluding hydrogens is 234 g/mol. The monoisotopic (exact) mass is 255 g/mol. The SMILES string of the molecule is CNc1cc(NCCCOCCOC)nc(N)n1. The summed E-state index contributed by atoms with van der Waals surface area (Å²) in [6, 6.07) is 1.81. The van der Waals surface area contributed by atoms with Crippen LogP contribution in [0.5, 0.6) is 0 Å². The van der Waals surface area contributed by atoms with Gasteiger partial charge in [0.05, 0.1) is 13.2 Å². The Morgan fingerprint density at radius 1 is 1.22 bits per heavy atom. The highest BCUT2D eigenvalue weighted by atomic mass is 16.5. The molecule has 102 valence electrons. The maximum atomic E-state index is 5.58. The van der Waals surface area contributed by atoms with Gasteiger partial charge in [-0.25, -0.2) is 0 Å². The van der Waals surface area contributed by atoms with Gasteiger partial charge in [-0.05, 0) is 6.42 Å². The molecule has 1 aromatic rings. The minimum atomic E-state index is 0.251. The molecule has 0 saturated heterocycles. The van der Waals surface area contributed by atoms with Gasteiger partial charge in [0, 0.05) is 33.4 Å². The largest absolute Gasteiger partial charge is 0.382 e. The Morgan fingerprint density at radius 3 is 2.72 bits per heavy atom. The van der Waals surface area contributed by atoms with Crippen LogP contribution in [0.3, 0.4) is 0 Å². The second-order valence-electron chi connectivity index (χ2n) is 3.63. The fraction of sp³-hybridized carbons (Fsp3) is 0.636. The zero-order chi connectivity index (χ0) is 13.2. The molecule has 0 aliphatic carbocycles. The van der Waals surface area contributed by atoms with Gasteiger partial charge in [-0.1, -0.05) is 0 Å². The maximum absolute atomic E-state index is 5.58. The molecule has 0 aromatic carbocycles. The summed E-state index contributed by atoms with van der Waals surface area (Å²) in [6.07, 6.45) is 0.891. The zero-order valence-corrected chi connectivity index (χ0v) is 10.9. The van der Waals surface area contributed by atoms with E-state index < -0.39 is 0 Å². The van der Waals surface area contributed by atoms with Crippen molar-refractivity contribution in [3.05, 3.63) is 6.07 Å². The molecular formula is C11H21N5O2. The van der Waals surface area contributed by atoms with Crippen LogP contribution in [-0.2, 0) is 9.47 Å². The number of ether oxygens (including phenoxy) is 2. The lowest BCUT2D eigenvalue weighted by molar-refractivity contribution is 0.0705. The Bertz CT molecular complexity index is 348. The van der Waals surface area contributed by atoms with E-state index in [1.807, 2.05) is 6.07 Å². The second-order valence-corrected chi connectivity index (χ2v) is 3.63. The van der Waals surface area contributed by atoms with Crippen LogP contribution in [0.1, 0.15) is 6.42 Å². The highest BCUT2D eigenvalue weighted by Gasteiger charge is 2.00. The van der Waals surface area contributed by atoms with E-state index in [2.05, 4.69) is 20.6 Å². The lowest BCUT2D eigenvalue weighted by atomic mass is 10.4. The molecule has 7 nitrogen and oxygen atoms in total. The van der Waals surface area contributed by atoms with Crippen molar-refractivity contribution in [1.29, 1.82) is 0 Å². The van der Waals surface area contributed by atoms with Crippen molar-refractivity contribution in [2.75, 3.05) is 56.9 Å². The van der Waals surface area contributed by atoms with E-state index >= 15 is 0 Å². The molecule has 4 N–H and O–H groups in total. The summed E-state index contributed by atoms with van der Waals surface area (Å²) in [6.45, 7) is 2.71. The summed E-state index contributed by atoms with van der Waals surface area (Å²) in [7, 11) is 3.44. The van der Waals surface area contributed by atoms with E-state index in [9.17, 15) is 0 Å². The van der Waals surface area contributed by atoms with Crippen LogP contribution in [0.25, 0.3) is 0 Å². The average Bonchev–Trinajstić information content (AvgIpc) is 2.37. The fourth-order valence-electron chi connectivity index (χ4n) is 1.32. The third-order valence-corrected chi connectivity index (χ3v) is 2.20. The van der Waals surface area contributed by atoms with E-state index in [0.29, 0.717) is 31.5 Å². The number of hydrogen-bond acceptors (Lipinski definition) is 7. The number of methoxy groups -OCH3 is 1. The molecule has 0 aliphatic rings. The minimum absolute atomic E-state index is 0.251. The van der Waals surface area contributed by atoms with Crippen molar-refractivity contribution in [2.24, 2.45) is 0 Å². The summed E-state index contributed by atoms with van der Waals surface area (Å²) in [5.74, 6) is 1.66. The van der Waals surface area contributed by atoms with Gasteiger partial charge < -0.3 is 25.8 Å². The normalized spacial score (nSPS) is 10.3. The Morgan fingerprint density at radius 2 is 2.00 bits per heavy atom. The van der Waals surface area contributed by atoms with Crippen molar-refractivity contribution < 1.29 is 9.47 Å². The van der Waals surface area contributed by atoms with Gasteiger partial charge in [0.15, 0.2) is 0 Å². The molecule has 0 saturated carbocycles. The quantitative estimate of drug-likeness (QED) is 0.555. The van der Waals surface area contributed by atoms with Crippen molar-refractivity contribution >= 4 is 17.6 Å². The van der Waals surface area contributed by atoms with Crippen molar-refractivity contribution in [3.63, 3.8) is 0 Å². The van der Waals surface area contributed by atoms with Crippen LogP contribution in [-0.4, -0.2) is 50.5 Å².